The molecule has 0 spiro atoms. The van der Waals surface area contributed by atoms with Crippen LogP contribution in [0.25, 0.3) is 0 Å². The molecule has 0 aliphatic heterocycles. The van der Waals surface area contributed by atoms with Crippen LogP contribution in [0.1, 0.15) is 6.92 Å². The van der Waals surface area contributed by atoms with Crippen molar-refractivity contribution in [2.45, 2.75) is 6.92 Å². The molecule has 0 saturated heterocycles. The number of nitrogens with zero attached hydrogens (tertiary/aromatic N) is 1. The Morgan fingerprint density at radius 3 is 2.59 bits per heavy atom. The highest BCUT2D eigenvalue weighted by Crippen LogP contribution is 2.10. The van der Waals surface area contributed by atoms with Gasteiger partial charge in [-0.25, -0.2) is 4.39 Å². The first-order valence-electron chi connectivity index (χ1n) is 5.44. The number of carbonyl (C=O) groups excluding carboxylic acids is 1. The second-order valence-corrected chi connectivity index (χ2v) is 3.44. The summed E-state index contributed by atoms with van der Waals surface area (Å²) < 4.78 is 17.8. The fraction of sp³-hybridized carbons (Fsp3) is 0.417. The van der Waals surface area contributed by atoms with E-state index in [-0.39, 0.29) is 24.9 Å². The minimum absolute atomic E-state index is 0.0733. The van der Waals surface area contributed by atoms with E-state index in [1.807, 2.05) is 6.92 Å². The lowest BCUT2D eigenvalue weighted by Gasteiger charge is -2.19. The summed E-state index contributed by atoms with van der Waals surface area (Å²) in [5, 5.41) is 8.76. The zero-order valence-corrected chi connectivity index (χ0v) is 9.73. The Hall–Kier alpha value is -1.62. The third-order valence-electron chi connectivity index (χ3n) is 2.28. The predicted octanol–water partition coefficient (Wildman–Crippen LogP) is 1.05. The molecule has 1 aromatic rings. The summed E-state index contributed by atoms with van der Waals surface area (Å²) >= 11 is 0. The third-order valence-corrected chi connectivity index (χ3v) is 2.28. The maximum Gasteiger partial charge on any atom is 0.260 e. The molecule has 0 heterocycles. The van der Waals surface area contributed by atoms with Gasteiger partial charge in [-0.05, 0) is 31.2 Å². The van der Waals surface area contributed by atoms with Gasteiger partial charge in [0.15, 0.2) is 6.61 Å². The van der Waals surface area contributed by atoms with E-state index in [0.717, 1.165) is 0 Å². The van der Waals surface area contributed by atoms with E-state index in [1.165, 1.54) is 29.2 Å². The number of aliphatic hydroxyl groups excluding tert-OH is 1. The van der Waals surface area contributed by atoms with Gasteiger partial charge >= 0.3 is 0 Å². The number of likely N-dealkylation sites (N-methyl/N-ethyl adjacent to an activating group) is 1. The smallest absolute Gasteiger partial charge is 0.260 e. The number of amides is 1. The van der Waals surface area contributed by atoms with Crippen LogP contribution in [0.5, 0.6) is 5.75 Å². The summed E-state index contributed by atoms with van der Waals surface area (Å²) in [5.41, 5.74) is 0. The van der Waals surface area contributed by atoms with Crippen molar-refractivity contribution in [3.05, 3.63) is 30.1 Å². The molecular weight excluding hydrogens is 225 g/mol. The number of hydrogen-bond donors (Lipinski definition) is 1. The van der Waals surface area contributed by atoms with E-state index in [4.69, 9.17) is 9.84 Å². The number of benzene rings is 1. The van der Waals surface area contributed by atoms with Gasteiger partial charge in [0.1, 0.15) is 11.6 Å². The monoisotopic (exact) mass is 241 g/mol. The minimum Gasteiger partial charge on any atom is -0.484 e. The quantitative estimate of drug-likeness (QED) is 0.809. The van der Waals surface area contributed by atoms with Gasteiger partial charge in [0, 0.05) is 13.1 Å². The van der Waals surface area contributed by atoms with Crippen molar-refractivity contribution < 1.29 is 19.0 Å². The molecule has 0 fully saturated rings. The average molecular weight is 241 g/mol. The molecule has 0 bridgehead atoms. The highest BCUT2D eigenvalue weighted by atomic mass is 19.1. The summed E-state index contributed by atoms with van der Waals surface area (Å²) in [6.45, 7) is 2.45. The van der Waals surface area contributed by atoms with E-state index >= 15 is 0 Å². The van der Waals surface area contributed by atoms with Crippen LogP contribution in [0.4, 0.5) is 4.39 Å². The molecule has 17 heavy (non-hydrogen) atoms. The van der Waals surface area contributed by atoms with Crippen molar-refractivity contribution >= 4 is 5.91 Å². The lowest BCUT2D eigenvalue weighted by Crippen LogP contribution is -2.36. The van der Waals surface area contributed by atoms with Crippen LogP contribution in [-0.2, 0) is 4.79 Å². The highest BCUT2D eigenvalue weighted by molar-refractivity contribution is 5.77. The molecule has 0 saturated carbocycles. The molecule has 1 N–H and O–H groups in total. The van der Waals surface area contributed by atoms with E-state index in [0.29, 0.717) is 18.8 Å². The number of rotatable bonds is 6. The van der Waals surface area contributed by atoms with Gasteiger partial charge in [-0.15, -0.1) is 0 Å². The van der Waals surface area contributed by atoms with Crippen LogP contribution in [-0.4, -0.2) is 42.2 Å². The van der Waals surface area contributed by atoms with E-state index in [9.17, 15) is 9.18 Å². The lowest BCUT2D eigenvalue weighted by atomic mass is 10.3. The summed E-state index contributed by atoms with van der Waals surface area (Å²) in [5.74, 6) is -0.107. The molecule has 0 radical (unpaired) electrons. The lowest BCUT2D eigenvalue weighted by molar-refractivity contribution is -0.133. The second-order valence-electron chi connectivity index (χ2n) is 3.44. The first kappa shape index (κ1) is 13.4. The number of aliphatic hydroxyl groups is 1. The predicted molar refractivity (Wildman–Crippen MR) is 61.2 cm³/mol. The number of hydrogen-bond acceptors (Lipinski definition) is 3. The first-order valence-corrected chi connectivity index (χ1v) is 5.44. The summed E-state index contributed by atoms with van der Waals surface area (Å²) in [6.07, 6.45) is 0. The maximum absolute atomic E-state index is 12.6. The highest BCUT2D eigenvalue weighted by Gasteiger charge is 2.11. The maximum atomic E-state index is 12.6. The Kier molecular flexibility index (Phi) is 5.42. The zero-order chi connectivity index (χ0) is 12.7. The van der Waals surface area contributed by atoms with E-state index in [1.54, 1.807) is 0 Å². The molecule has 1 aromatic carbocycles. The SMILES string of the molecule is CCN(CCO)C(=O)COc1ccc(F)cc1. The van der Waals surface area contributed by atoms with Gasteiger partial charge in [0.05, 0.1) is 6.61 Å². The number of carbonyl (C=O) groups is 1. The Morgan fingerprint density at radius 1 is 1.41 bits per heavy atom. The van der Waals surface area contributed by atoms with Crippen molar-refractivity contribution in [3.63, 3.8) is 0 Å². The Bertz CT molecular complexity index is 353. The molecule has 94 valence electrons. The van der Waals surface area contributed by atoms with Crippen LogP contribution in [0, 0.1) is 5.82 Å². The van der Waals surface area contributed by atoms with Crippen molar-refractivity contribution in [2.24, 2.45) is 0 Å². The Labute approximate surface area is 99.6 Å². The summed E-state index contributed by atoms with van der Waals surface area (Å²) in [4.78, 5) is 13.1. The second kappa shape index (κ2) is 6.85. The topological polar surface area (TPSA) is 49.8 Å². The van der Waals surface area contributed by atoms with Crippen molar-refractivity contribution in [2.75, 3.05) is 26.3 Å². The van der Waals surface area contributed by atoms with Crippen molar-refractivity contribution in [1.82, 2.24) is 4.90 Å². The van der Waals surface area contributed by atoms with Crippen molar-refractivity contribution in [1.29, 1.82) is 0 Å². The molecule has 0 aliphatic carbocycles. The van der Waals surface area contributed by atoms with Crippen LogP contribution in [0.3, 0.4) is 0 Å². The normalized spacial score (nSPS) is 10.1. The minimum atomic E-state index is -0.348. The zero-order valence-electron chi connectivity index (χ0n) is 9.73. The molecule has 0 aromatic heterocycles. The molecule has 0 unspecified atom stereocenters. The third kappa shape index (κ3) is 4.40. The van der Waals surface area contributed by atoms with Gasteiger partial charge < -0.3 is 14.7 Å². The van der Waals surface area contributed by atoms with Crippen LogP contribution in [0.2, 0.25) is 0 Å². The average Bonchev–Trinajstić information content (AvgIpc) is 2.35. The molecule has 1 rings (SSSR count). The molecule has 0 aliphatic rings. The van der Waals surface area contributed by atoms with Gasteiger partial charge in [0.25, 0.3) is 5.91 Å². The van der Waals surface area contributed by atoms with Gasteiger partial charge in [-0.1, -0.05) is 0 Å². The molecule has 5 heteroatoms. The largest absolute Gasteiger partial charge is 0.484 e. The molecule has 4 nitrogen and oxygen atoms in total. The standard InChI is InChI=1S/C12H16FNO3/c1-2-14(7-8-15)12(16)9-17-11-5-3-10(13)4-6-11/h3-6,15H,2,7-9H2,1H3. The molecule has 1 amide bonds. The number of ether oxygens (including phenoxy) is 1. The summed E-state index contributed by atoms with van der Waals surface area (Å²) in [6, 6.07) is 5.46. The Balaban J connectivity index is 2.44. The Morgan fingerprint density at radius 2 is 2.06 bits per heavy atom. The molecule has 0 atom stereocenters. The number of halogens is 1. The van der Waals surface area contributed by atoms with E-state index < -0.39 is 0 Å². The van der Waals surface area contributed by atoms with Crippen molar-refractivity contribution in [3.8, 4) is 5.75 Å². The van der Waals surface area contributed by atoms with Gasteiger partial charge in [-0.2, -0.15) is 0 Å². The van der Waals surface area contributed by atoms with Gasteiger partial charge in [-0.3, -0.25) is 4.79 Å². The molecular formula is C12H16FNO3. The van der Waals surface area contributed by atoms with Crippen LogP contribution in [0.15, 0.2) is 24.3 Å². The fourth-order valence-electron chi connectivity index (χ4n) is 1.35. The fourth-order valence-corrected chi connectivity index (χ4v) is 1.35. The summed E-state index contributed by atoms with van der Waals surface area (Å²) in [7, 11) is 0. The first-order chi connectivity index (χ1) is 8.17. The van der Waals surface area contributed by atoms with Crippen LogP contribution < -0.4 is 4.74 Å². The van der Waals surface area contributed by atoms with Gasteiger partial charge in [0.2, 0.25) is 0 Å². The van der Waals surface area contributed by atoms with E-state index in [2.05, 4.69) is 0 Å². The van der Waals surface area contributed by atoms with Crippen LogP contribution >= 0.6 is 0 Å².